The van der Waals surface area contributed by atoms with Gasteiger partial charge in [0.1, 0.15) is 24.4 Å². The predicted octanol–water partition coefficient (Wildman–Crippen LogP) is 4.25. The molecule has 0 aromatic carbocycles. The number of ether oxygens (including phenoxy) is 5. The fourth-order valence-electron chi connectivity index (χ4n) is 3.99. The van der Waals surface area contributed by atoms with E-state index in [1.165, 1.54) is 25.3 Å². The molecule has 33 heavy (non-hydrogen) atoms. The molecule has 0 unspecified atom stereocenters. The molecule has 0 spiro atoms. The van der Waals surface area contributed by atoms with Crippen LogP contribution in [-0.2, 0) is 28.5 Å². The smallest absolute Gasteiger partial charge is 0.373 e. The van der Waals surface area contributed by atoms with Crippen molar-refractivity contribution in [3.05, 3.63) is 12.7 Å². The monoisotopic (exact) mass is 481 g/mol. The lowest BCUT2D eigenvalue weighted by Crippen LogP contribution is -2.69. The van der Waals surface area contributed by atoms with Gasteiger partial charge in [-0.1, -0.05) is 51.5 Å². The van der Waals surface area contributed by atoms with Gasteiger partial charge in [-0.3, -0.25) is 4.79 Å². The molecule has 10 heteroatoms. The van der Waals surface area contributed by atoms with Crippen molar-refractivity contribution in [3.63, 3.8) is 0 Å². The van der Waals surface area contributed by atoms with E-state index in [9.17, 15) is 18.0 Å². The van der Waals surface area contributed by atoms with Gasteiger partial charge in [0.2, 0.25) is 0 Å². The fourth-order valence-corrected chi connectivity index (χ4v) is 3.99. The van der Waals surface area contributed by atoms with E-state index in [1.54, 1.807) is 13.8 Å². The average Bonchev–Trinajstić information content (AvgIpc) is 2.74. The van der Waals surface area contributed by atoms with Crippen molar-refractivity contribution in [2.24, 2.45) is 0 Å². The zero-order chi connectivity index (χ0) is 24.5. The Kier molecular flexibility index (Phi) is 11.1. The van der Waals surface area contributed by atoms with Crippen LogP contribution < -0.4 is 5.32 Å². The van der Waals surface area contributed by atoms with Crippen LogP contribution in [0.3, 0.4) is 0 Å². The minimum absolute atomic E-state index is 0.0259. The molecule has 5 atom stereocenters. The number of carbonyl (C=O) groups is 1. The third-order valence-corrected chi connectivity index (χ3v) is 5.65. The highest BCUT2D eigenvalue weighted by Crippen LogP contribution is 2.35. The van der Waals surface area contributed by atoms with E-state index in [-0.39, 0.29) is 13.2 Å². The van der Waals surface area contributed by atoms with E-state index in [0.717, 1.165) is 25.7 Å². The van der Waals surface area contributed by atoms with Crippen LogP contribution in [0.15, 0.2) is 12.7 Å². The van der Waals surface area contributed by atoms with E-state index >= 15 is 0 Å². The van der Waals surface area contributed by atoms with E-state index in [4.69, 9.17) is 23.7 Å². The third-order valence-electron chi connectivity index (χ3n) is 5.65. The van der Waals surface area contributed by atoms with Crippen molar-refractivity contribution in [1.82, 2.24) is 5.32 Å². The first-order valence-corrected chi connectivity index (χ1v) is 11.8. The molecule has 2 saturated heterocycles. The molecule has 2 fully saturated rings. The first-order chi connectivity index (χ1) is 15.6. The third kappa shape index (κ3) is 8.83. The Morgan fingerprint density at radius 3 is 2.45 bits per heavy atom. The molecule has 2 aliphatic rings. The Morgan fingerprint density at radius 1 is 1.15 bits per heavy atom. The molecule has 0 aromatic heterocycles. The van der Waals surface area contributed by atoms with Crippen LogP contribution in [0.4, 0.5) is 13.2 Å². The lowest BCUT2D eigenvalue weighted by atomic mass is 9.94. The molecule has 2 rings (SSSR count). The highest BCUT2D eigenvalue weighted by Gasteiger charge is 2.54. The van der Waals surface area contributed by atoms with Crippen LogP contribution in [0.25, 0.3) is 0 Å². The highest BCUT2D eigenvalue weighted by atomic mass is 19.4. The Bertz CT molecular complexity index is 615. The Balaban J connectivity index is 2.11. The zero-order valence-corrected chi connectivity index (χ0v) is 19.8. The molecule has 0 aliphatic carbocycles. The predicted molar refractivity (Wildman–Crippen MR) is 115 cm³/mol. The maximum Gasteiger partial charge on any atom is 0.471 e. The summed E-state index contributed by atoms with van der Waals surface area (Å²) in [5.74, 6) is -3.06. The van der Waals surface area contributed by atoms with Crippen LogP contribution in [0.1, 0.15) is 65.7 Å². The van der Waals surface area contributed by atoms with Crippen LogP contribution in [0, 0.1) is 0 Å². The first kappa shape index (κ1) is 28.0. The first-order valence-electron chi connectivity index (χ1n) is 11.8. The summed E-state index contributed by atoms with van der Waals surface area (Å²) in [5, 5.41) is 2.01. The number of alkyl halides is 3. The molecule has 7 nitrogen and oxygen atoms in total. The fraction of sp³-hybridized carbons (Fsp3) is 0.870. The lowest BCUT2D eigenvalue weighted by molar-refractivity contribution is -0.371. The number of hydrogen-bond donors (Lipinski definition) is 1. The highest BCUT2D eigenvalue weighted by molar-refractivity contribution is 5.82. The minimum atomic E-state index is -5.06. The Hall–Kier alpha value is -1.20. The van der Waals surface area contributed by atoms with Crippen molar-refractivity contribution < 1.29 is 41.7 Å². The lowest BCUT2D eigenvalue weighted by Gasteiger charge is -2.51. The number of nitrogens with one attached hydrogen (secondary N) is 1. The SMILES string of the molecule is C=CCO[C@H]1O[C@@H]2COC(C)(C)O[C@H]2[C@H](OCCCCCCCCC)[C@H]1NC(=O)C(F)(F)F. The summed E-state index contributed by atoms with van der Waals surface area (Å²) in [6, 6.07) is -1.22. The second-order valence-corrected chi connectivity index (χ2v) is 8.91. The van der Waals surface area contributed by atoms with Gasteiger partial charge in [0, 0.05) is 6.61 Å². The van der Waals surface area contributed by atoms with Gasteiger partial charge in [-0.25, -0.2) is 0 Å². The summed E-state index contributed by atoms with van der Waals surface area (Å²) < 4.78 is 68.2. The largest absolute Gasteiger partial charge is 0.471 e. The zero-order valence-electron chi connectivity index (χ0n) is 19.8. The summed E-state index contributed by atoms with van der Waals surface area (Å²) >= 11 is 0. The van der Waals surface area contributed by atoms with Crippen LogP contribution in [0.2, 0.25) is 0 Å². The quantitative estimate of drug-likeness (QED) is 0.313. The van der Waals surface area contributed by atoms with Crippen molar-refractivity contribution in [2.75, 3.05) is 19.8 Å². The van der Waals surface area contributed by atoms with Crippen molar-refractivity contribution in [2.45, 2.75) is 108 Å². The number of amides is 1. The van der Waals surface area contributed by atoms with Gasteiger partial charge in [0.15, 0.2) is 12.1 Å². The summed E-state index contributed by atoms with van der Waals surface area (Å²) in [4.78, 5) is 11.8. The van der Waals surface area contributed by atoms with E-state index in [2.05, 4.69) is 13.5 Å². The van der Waals surface area contributed by atoms with Crippen LogP contribution >= 0.6 is 0 Å². The topological polar surface area (TPSA) is 75.2 Å². The number of rotatable bonds is 13. The van der Waals surface area contributed by atoms with Crippen molar-refractivity contribution in [3.8, 4) is 0 Å². The van der Waals surface area contributed by atoms with Gasteiger partial charge >= 0.3 is 12.1 Å². The molecular weight excluding hydrogens is 443 g/mol. The summed E-state index contributed by atoms with van der Waals surface area (Å²) in [6.45, 7) is 9.64. The summed E-state index contributed by atoms with van der Waals surface area (Å²) in [6.07, 6.45) is 0.443. The van der Waals surface area contributed by atoms with E-state index in [0.29, 0.717) is 6.61 Å². The molecule has 192 valence electrons. The number of fused-ring (bicyclic) bond motifs is 1. The van der Waals surface area contributed by atoms with Gasteiger partial charge in [0.25, 0.3) is 0 Å². The van der Waals surface area contributed by atoms with Crippen molar-refractivity contribution in [1.29, 1.82) is 0 Å². The second kappa shape index (κ2) is 13.0. The van der Waals surface area contributed by atoms with Gasteiger partial charge in [-0.2, -0.15) is 13.2 Å². The van der Waals surface area contributed by atoms with Crippen molar-refractivity contribution >= 4 is 5.91 Å². The maximum absolute atomic E-state index is 13.0. The normalized spacial score (nSPS) is 29.3. The second-order valence-electron chi connectivity index (χ2n) is 8.91. The molecule has 1 N–H and O–H groups in total. The summed E-state index contributed by atoms with van der Waals surface area (Å²) in [7, 11) is 0. The molecule has 0 saturated carbocycles. The molecule has 0 radical (unpaired) electrons. The van der Waals surface area contributed by atoms with Crippen LogP contribution in [-0.4, -0.2) is 68.3 Å². The van der Waals surface area contributed by atoms with Gasteiger partial charge in [-0.15, -0.1) is 6.58 Å². The molecule has 2 heterocycles. The molecule has 0 aromatic rings. The van der Waals surface area contributed by atoms with Gasteiger partial charge < -0.3 is 29.0 Å². The number of hydrogen-bond acceptors (Lipinski definition) is 6. The number of halogens is 3. The molecule has 1 amide bonds. The van der Waals surface area contributed by atoms with E-state index < -0.39 is 48.5 Å². The minimum Gasteiger partial charge on any atom is -0.373 e. The Labute approximate surface area is 194 Å². The van der Waals surface area contributed by atoms with E-state index in [1.807, 2.05) is 5.32 Å². The molecular formula is C23H38F3NO6. The Morgan fingerprint density at radius 2 is 1.82 bits per heavy atom. The summed E-state index contributed by atoms with van der Waals surface area (Å²) in [5.41, 5.74) is 0. The number of carbonyl (C=O) groups excluding carboxylic acids is 1. The van der Waals surface area contributed by atoms with Crippen LogP contribution in [0.5, 0.6) is 0 Å². The van der Waals surface area contributed by atoms with Gasteiger partial charge in [-0.05, 0) is 20.3 Å². The maximum atomic E-state index is 13.0. The molecule has 2 aliphatic heterocycles. The number of unbranched alkanes of at least 4 members (excludes halogenated alkanes) is 6. The average molecular weight is 482 g/mol. The molecule has 0 bridgehead atoms. The standard InChI is InChI=1S/C23H38F3NO6/c1-5-7-8-9-10-11-12-14-29-19-17(27-21(28)23(24,25)26)20(30-13-6-2)32-16-15-31-22(3,4)33-18(16)19/h6,16-20H,2,5,7-15H2,1,3-4H3,(H,27,28)/t16-,17-,18-,19-,20+/m1/s1. The van der Waals surface area contributed by atoms with Gasteiger partial charge in [0.05, 0.1) is 13.2 Å².